The molecule has 5 heteroatoms. The molecular formula is C11H12FN3S. The highest BCUT2D eigenvalue weighted by Gasteiger charge is 2.11. The molecule has 0 spiro atoms. The van der Waals surface area contributed by atoms with Gasteiger partial charge in [-0.2, -0.15) is 8.75 Å². The Bertz CT molecular complexity index is 470. The third-order valence-electron chi connectivity index (χ3n) is 2.50. The number of aryl methyl sites for hydroxylation is 1. The van der Waals surface area contributed by atoms with Crippen molar-refractivity contribution in [2.75, 3.05) is 0 Å². The number of hydrogen-bond acceptors (Lipinski definition) is 4. The Morgan fingerprint density at radius 3 is 2.94 bits per heavy atom. The lowest BCUT2D eigenvalue weighted by Crippen LogP contribution is -2.14. The van der Waals surface area contributed by atoms with Crippen molar-refractivity contribution in [2.45, 2.75) is 19.4 Å². The average molecular weight is 237 g/mol. The minimum Gasteiger partial charge on any atom is -0.322 e. The van der Waals surface area contributed by atoms with Gasteiger partial charge in [-0.1, -0.05) is 6.07 Å². The van der Waals surface area contributed by atoms with Crippen LogP contribution in [-0.4, -0.2) is 8.75 Å². The molecule has 3 nitrogen and oxygen atoms in total. The molecule has 0 saturated heterocycles. The van der Waals surface area contributed by atoms with E-state index in [0.717, 1.165) is 28.5 Å². The van der Waals surface area contributed by atoms with Crippen molar-refractivity contribution in [3.8, 4) is 0 Å². The molecule has 16 heavy (non-hydrogen) atoms. The summed E-state index contributed by atoms with van der Waals surface area (Å²) in [4.78, 5) is 0. The van der Waals surface area contributed by atoms with Gasteiger partial charge < -0.3 is 5.73 Å². The van der Waals surface area contributed by atoms with Crippen LogP contribution >= 0.6 is 11.7 Å². The van der Waals surface area contributed by atoms with E-state index < -0.39 is 0 Å². The van der Waals surface area contributed by atoms with Gasteiger partial charge >= 0.3 is 0 Å². The minimum absolute atomic E-state index is 0.178. The fraction of sp³-hybridized carbons (Fsp3) is 0.273. The van der Waals surface area contributed by atoms with Gasteiger partial charge in [-0.3, -0.25) is 0 Å². The number of nitrogens with zero attached hydrogens (tertiary/aromatic N) is 2. The third-order valence-corrected chi connectivity index (χ3v) is 2.99. The van der Waals surface area contributed by atoms with E-state index in [1.165, 1.54) is 12.1 Å². The van der Waals surface area contributed by atoms with Gasteiger partial charge in [-0.05, 0) is 36.6 Å². The van der Waals surface area contributed by atoms with Gasteiger partial charge in [-0.15, -0.1) is 0 Å². The fourth-order valence-corrected chi connectivity index (χ4v) is 2.04. The van der Waals surface area contributed by atoms with Crippen molar-refractivity contribution < 1.29 is 4.39 Å². The van der Waals surface area contributed by atoms with Crippen LogP contribution in [0.15, 0.2) is 24.4 Å². The van der Waals surface area contributed by atoms with E-state index in [1.807, 2.05) is 6.92 Å². The molecule has 2 aromatic rings. The molecular weight excluding hydrogens is 225 g/mol. The number of nitrogens with two attached hydrogens (primary N) is 1. The van der Waals surface area contributed by atoms with Crippen molar-refractivity contribution in [1.82, 2.24) is 8.75 Å². The summed E-state index contributed by atoms with van der Waals surface area (Å²) in [5.74, 6) is -0.217. The highest BCUT2D eigenvalue weighted by Crippen LogP contribution is 2.18. The van der Waals surface area contributed by atoms with Gasteiger partial charge in [0.05, 0.1) is 29.7 Å². The first-order valence-corrected chi connectivity index (χ1v) is 5.68. The van der Waals surface area contributed by atoms with E-state index >= 15 is 0 Å². The van der Waals surface area contributed by atoms with E-state index in [9.17, 15) is 4.39 Å². The van der Waals surface area contributed by atoms with E-state index in [1.54, 1.807) is 12.3 Å². The van der Waals surface area contributed by atoms with Crippen molar-refractivity contribution in [3.05, 3.63) is 47.0 Å². The zero-order valence-electron chi connectivity index (χ0n) is 8.85. The zero-order chi connectivity index (χ0) is 11.5. The van der Waals surface area contributed by atoms with E-state index in [-0.39, 0.29) is 11.9 Å². The summed E-state index contributed by atoms with van der Waals surface area (Å²) < 4.78 is 20.9. The second kappa shape index (κ2) is 4.67. The SMILES string of the molecule is Cc1cc(F)ccc1CC(N)c1cnsn1. The summed E-state index contributed by atoms with van der Waals surface area (Å²) in [6.07, 6.45) is 2.33. The predicted octanol–water partition coefficient (Wildman–Crippen LogP) is 2.23. The number of hydrogen-bond donors (Lipinski definition) is 1. The Morgan fingerprint density at radius 2 is 2.31 bits per heavy atom. The smallest absolute Gasteiger partial charge is 0.123 e. The summed E-state index contributed by atoms with van der Waals surface area (Å²) in [6.45, 7) is 1.88. The molecule has 2 rings (SSSR count). The van der Waals surface area contributed by atoms with Crippen LogP contribution in [0.3, 0.4) is 0 Å². The third kappa shape index (κ3) is 2.43. The Labute approximate surface area is 97.5 Å². The topological polar surface area (TPSA) is 51.8 Å². The van der Waals surface area contributed by atoms with E-state index in [0.29, 0.717) is 6.42 Å². The molecule has 1 heterocycles. The van der Waals surface area contributed by atoms with Crippen LogP contribution in [-0.2, 0) is 6.42 Å². The van der Waals surface area contributed by atoms with Crippen LogP contribution in [0.4, 0.5) is 4.39 Å². The van der Waals surface area contributed by atoms with Crippen molar-refractivity contribution in [1.29, 1.82) is 0 Å². The molecule has 0 radical (unpaired) electrons. The molecule has 2 N–H and O–H groups in total. The highest BCUT2D eigenvalue weighted by atomic mass is 32.1. The normalized spacial score (nSPS) is 12.7. The first-order chi connectivity index (χ1) is 7.66. The van der Waals surface area contributed by atoms with Crippen LogP contribution in [0.5, 0.6) is 0 Å². The lowest BCUT2D eigenvalue weighted by Gasteiger charge is -2.10. The largest absolute Gasteiger partial charge is 0.322 e. The summed E-state index contributed by atoms with van der Waals surface area (Å²) in [5.41, 5.74) is 8.73. The quantitative estimate of drug-likeness (QED) is 0.890. The Hall–Kier alpha value is -1.33. The van der Waals surface area contributed by atoms with Gasteiger partial charge in [0.1, 0.15) is 5.82 Å². The van der Waals surface area contributed by atoms with Crippen LogP contribution in [0.25, 0.3) is 0 Å². The minimum atomic E-state index is -0.217. The molecule has 1 atom stereocenters. The molecule has 0 aliphatic rings. The van der Waals surface area contributed by atoms with Gasteiger partial charge in [0.15, 0.2) is 0 Å². The molecule has 1 unspecified atom stereocenters. The van der Waals surface area contributed by atoms with Gasteiger partial charge in [0.25, 0.3) is 0 Å². The summed E-state index contributed by atoms with van der Waals surface area (Å²) in [7, 11) is 0. The maximum absolute atomic E-state index is 12.9. The van der Waals surface area contributed by atoms with Crippen molar-refractivity contribution in [3.63, 3.8) is 0 Å². The number of benzene rings is 1. The first kappa shape index (κ1) is 11.2. The van der Waals surface area contributed by atoms with Crippen LogP contribution in [0.2, 0.25) is 0 Å². The molecule has 0 saturated carbocycles. The molecule has 0 aliphatic carbocycles. The predicted molar refractivity (Wildman–Crippen MR) is 61.7 cm³/mol. The average Bonchev–Trinajstić information content (AvgIpc) is 2.75. The Kier molecular flexibility index (Phi) is 3.26. The highest BCUT2D eigenvalue weighted by molar-refractivity contribution is 6.99. The van der Waals surface area contributed by atoms with Crippen LogP contribution in [0.1, 0.15) is 22.9 Å². The molecule has 1 aromatic heterocycles. The van der Waals surface area contributed by atoms with E-state index in [2.05, 4.69) is 8.75 Å². The molecule has 0 amide bonds. The Morgan fingerprint density at radius 1 is 1.50 bits per heavy atom. The first-order valence-electron chi connectivity index (χ1n) is 4.95. The van der Waals surface area contributed by atoms with Gasteiger partial charge in [-0.25, -0.2) is 4.39 Å². The maximum Gasteiger partial charge on any atom is 0.123 e. The number of rotatable bonds is 3. The van der Waals surface area contributed by atoms with E-state index in [4.69, 9.17) is 5.73 Å². The van der Waals surface area contributed by atoms with Crippen molar-refractivity contribution >= 4 is 11.7 Å². The molecule has 84 valence electrons. The lowest BCUT2D eigenvalue weighted by atomic mass is 10.00. The van der Waals surface area contributed by atoms with Crippen LogP contribution in [0, 0.1) is 12.7 Å². The van der Waals surface area contributed by atoms with Gasteiger partial charge in [0.2, 0.25) is 0 Å². The van der Waals surface area contributed by atoms with Crippen LogP contribution < -0.4 is 5.73 Å². The van der Waals surface area contributed by atoms with Crippen molar-refractivity contribution in [2.24, 2.45) is 5.73 Å². The lowest BCUT2D eigenvalue weighted by molar-refractivity contribution is 0.623. The summed E-state index contributed by atoms with van der Waals surface area (Å²) >= 11 is 1.15. The fourth-order valence-electron chi connectivity index (χ4n) is 1.57. The second-order valence-electron chi connectivity index (χ2n) is 3.71. The number of aromatic nitrogens is 2. The number of halogens is 1. The molecule has 0 fully saturated rings. The monoisotopic (exact) mass is 237 g/mol. The molecule has 1 aromatic carbocycles. The van der Waals surface area contributed by atoms with Gasteiger partial charge in [0, 0.05) is 0 Å². The standard InChI is InChI=1S/C11H12FN3S/c1-7-4-9(12)3-2-8(7)5-10(13)11-6-14-16-15-11/h2-4,6,10H,5,13H2,1H3. The summed E-state index contributed by atoms with van der Waals surface area (Å²) in [5, 5.41) is 0. The second-order valence-corrected chi connectivity index (χ2v) is 4.27. The summed E-state index contributed by atoms with van der Waals surface area (Å²) in [6, 6.07) is 4.56. The zero-order valence-corrected chi connectivity index (χ0v) is 9.67. The molecule has 0 aliphatic heterocycles. The Balaban J connectivity index is 2.15. The maximum atomic E-state index is 12.9. The molecule has 0 bridgehead atoms.